The number of fused-ring (bicyclic) bond motifs is 10. The molecule has 11 aromatic rings. The minimum Gasteiger partial charge on any atom is -0.310 e. The Hall–Kier alpha value is -8.98. The summed E-state index contributed by atoms with van der Waals surface area (Å²) in [6.07, 6.45) is 12.6. The van der Waals surface area contributed by atoms with E-state index >= 15 is 0 Å². The summed E-state index contributed by atoms with van der Waals surface area (Å²) in [4.78, 5) is 4.98. The van der Waals surface area contributed by atoms with E-state index in [1.807, 2.05) is 0 Å². The van der Waals surface area contributed by atoms with Gasteiger partial charge in [-0.05, 0) is 194 Å². The molecule has 4 aliphatic carbocycles. The van der Waals surface area contributed by atoms with Gasteiger partial charge in [-0.3, -0.25) is 0 Å². The van der Waals surface area contributed by atoms with E-state index in [0.29, 0.717) is 0 Å². The van der Waals surface area contributed by atoms with Gasteiger partial charge in [-0.2, -0.15) is 0 Å². The lowest BCUT2D eigenvalue weighted by Gasteiger charge is -2.37. The largest absolute Gasteiger partial charge is 0.310 e. The van der Waals surface area contributed by atoms with Crippen LogP contribution >= 0.6 is 0 Å². The normalized spacial score (nSPS) is 15.2. The van der Waals surface area contributed by atoms with Gasteiger partial charge in [0.1, 0.15) is 0 Å². The van der Waals surface area contributed by atoms with Crippen molar-refractivity contribution < 1.29 is 0 Å². The average Bonchev–Trinajstić information content (AvgIpc) is 4.18. The van der Waals surface area contributed by atoms with Gasteiger partial charge in [0.2, 0.25) is 0 Å². The number of hydrogen-bond donors (Lipinski definition) is 0. The molecule has 0 radical (unpaired) electrons. The highest BCUT2D eigenvalue weighted by atomic mass is 15.1. The van der Waals surface area contributed by atoms with Crippen molar-refractivity contribution in [2.45, 2.75) is 75.0 Å². The van der Waals surface area contributed by atoms with Gasteiger partial charge in [0.15, 0.2) is 0 Å². The topological polar surface area (TPSA) is 6.48 Å². The molecule has 2 spiro atoms. The van der Waals surface area contributed by atoms with Crippen molar-refractivity contribution in [3.8, 4) is 66.8 Å². The fourth-order valence-electron chi connectivity index (χ4n) is 14.8. The first-order valence-corrected chi connectivity index (χ1v) is 29.3. The van der Waals surface area contributed by atoms with Crippen LogP contribution in [0.1, 0.15) is 86.5 Å². The molecule has 0 saturated heterocycles. The third kappa shape index (κ3) is 8.23. The maximum absolute atomic E-state index is 2.59. The second-order valence-electron chi connectivity index (χ2n) is 23.0. The van der Waals surface area contributed by atoms with Crippen LogP contribution in [0.3, 0.4) is 0 Å². The van der Waals surface area contributed by atoms with Gasteiger partial charge in [0, 0.05) is 45.0 Å². The maximum Gasteiger partial charge on any atom is 0.0473 e. The van der Waals surface area contributed by atoms with Gasteiger partial charge < -0.3 is 9.80 Å². The summed E-state index contributed by atoms with van der Waals surface area (Å²) >= 11 is 0. The Morgan fingerprint density at radius 1 is 0.200 bits per heavy atom. The maximum atomic E-state index is 2.59. The van der Waals surface area contributed by atoms with Crippen LogP contribution in [-0.4, -0.2) is 0 Å². The number of nitrogens with zero attached hydrogens (tertiary/aromatic N) is 2. The summed E-state index contributed by atoms with van der Waals surface area (Å²) in [7, 11) is 0. The summed E-state index contributed by atoms with van der Waals surface area (Å²) in [6.45, 7) is 0. The molecule has 0 atom stereocenters. The second kappa shape index (κ2) is 20.0. The Balaban J connectivity index is 0.827. The Morgan fingerprint density at radius 3 is 0.887 bits per heavy atom. The van der Waals surface area contributed by atoms with Crippen LogP contribution in [0.5, 0.6) is 0 Å². The molecular formula is C78H64N2. The highest BCUT2D eigenvalue weighted by Gasteiger charge is 2.45. The smallest absolute Gasteiger partial charge is 0.0473 e. The van der Waals surface area contributed by atoms with Crippen molar-refractivity contribution in [1.82, 2.24) is 0 Å². The van der Waals surface area contributed by atoms with E-state index in [4.69, 9.17) is 0 Å². The highest BCUT2D eigenvalue weighted by molar-refractivity contribution is 5.90. The number of anilines is 6. The van der Waals surface area contributed by atoms with E-state index < -0.39 is 0 Å². The van der Waals surface area contributed by atoms with E-state index in [1.54, 1.807) is 0 Å². The molecule has 0 unspecified atom stereocenters. The summed E-state index contributed by atoms with van der Waals surface area (Å²) in [5.41, 5.74) is 28.3. The first-order chi connectivity index (χ1) is 39.6. The number of hydrogen-bond acceptors (Lipinski definition) is 2. The van der Waals surface area contributed by atoms with E-state index in [2.05, 4.69) is 277 Å². The van der Waals surface area contributed by atoms with Crippen LogP contribution in [-0.2, 0) is 10.8 Å². The van der Waals surface area contributed by atoms with E-state index in [0.717, 1.165) is 17.1 Å². The minimum absolute atomic E-state index is 0.0592. The van der Waals surface area contributed by atoms with Gasteiger partial charge in [-0.1, -0.05) is 227 Å². The van der Waals surface area contributed by atoms with Crippen LogP contribution in [0.2, 0.25) is 0 Å². The predicted octanol–water partition coefficient (Wildman–Crippen LogP) is 21.8. The first kappa shape index (κ1) is 48.2. The molecule has 2 nitrogen and oxygen atoms in total. The zero-order valence-corrected chi connectivity index (χ0v) is 45.4. The highest BCUT2D eigenvalue weighted by Crippen LogP contribution is 2.59. The summed E-state index contributed by atoms with van der Waals surface area (Å²) in [5.74, 6) is 0. The van der Waals surface area contributed by atoms with Crippen molar-refractivity contribution in [1.29, 1.82) is 0 Å². The molecule has 0 aromatic heterocycles. The van der Waals surface area contributed by atoms with Gasteiger partial charge in [0.25, 0.3) is 0 Å². The molecule has 2 heteroatoms. The molecule has 386 valence electrons. The van der Waals surface area contributed by atoms with Crippen LogP contribution in [0, 0.1) is 0 Å². The Bertz CT molecular complexity index is 3860. The molecule has 11 aromatic carbocycles. The van der Waals surface area contributed by atoms with Crippen LogP contribution in [0.4, 0.5) is 34.1 Å². The summed E-state index contributed by atoms with van der Waals surface area (Å²) in [6, 6.07) is 100. The number of rotatable bonds is 10. The van der Waals surface area contributed by atoms with Crippen LogP contribution < -0.4 is 9.80 Å². The third-order valence-electron chi connectivity index (χ3n) is 18.6. The average molecular weight is 1030 g/mol. The molecule has 2 fully saturated rings. The third-order valence-corrected chi connectivity index (χ3v) is 18.6. The van der Waals surface area contributed by atoms with Crippen LogP contribution in [0.15, 0.2) is 267 Å². The van der Waals surface area contributed by atoms with E-state index in [1.165, 1.54) is 170 Å². The molecule has 4 aliphatic rings. The molecule has 15 rings (SSSR count). The van der Waals surface area contributed by atoms with Gasteiger partial charge in [-0.25, -0.2) is 0 Å². The van der Waals surface area contributed by atoms with Gasteiger partial charge >= 0.3 is 0 Å². The molecular weight excluding hydrogens is 965 g/mol. The SMILES string of the molecule is c1ccc(-c2ccc(N(c3ccc(-c4ccc(N(c5ccc6c(c5)C5(CCCCC5)c5ccccc5-6)c5ccc6c(c5)C5(CCCCC5)c5ccccc5-6)cc4)cc3)c3cc(-c4ccccc4)cc(-c4ccccc4)c3)cc2)cc1. The Labute approximate surface area is 472 Å². The van der Waals surface area contributed by atoms with Gasteiger partial charge in [-0.15, -0.1) is 0 Å². The summed E-state index contributed by atoms with van der Waals surface area (Å²) < 4.78 is 0. The molecule has 80 heavy (non-hydrogen) atoms. The lowest BCUT2D eigenvalue weighted by molar-refractivity contribution is 0.353. The Kier molecular flexibility index (Phi) is 12.1. The van der Waals surface area contributed by atoms with Crippen molar-refractivity contribution in [2.24, 2.45) is 0 Å². The molecule has 0 amide bonds. The minimum atomic E-state index is 0.0592. The van der Waals surface area contributed by atoms with Crippen LogP contribution in [0.25, 0.3) is 66.8 Å². The molecule has 0 N–H and O–H groups in total. The van der Waals surface area contributed by atoms with Crippen molar-refractivity contribution in [2.75, 3.05) is 9.80 Å². The number of benzene rings is 11. The Morgan fingerprint density at radius 2 is 0.500 bits per heavy atom. The fraction of sp³-hybridized carbons (Fsp3) is 0.154. The quantitative estimate of drug-likeness (QED) is 0.135. The lowest BCUT2D eigenvalue weighted by atomic mass is 9.67. The van der Waals surface area contributed by atoms with E-state index in [-0.39, 0.29) is 10.8 Å². The zero-order chi connectivity index (χ0) is 53.0. The molecule has 2 saturated carbocycles. The first-order valence-electron chi connectivity index (χ1n) is 29.3. The lowest BCUT2D eigenvalue weighted by Crippen LogP contribution is -2.28. The van der Waals surface area contributed by atoms with Crippen molar-refractivity contribution in [3.63, 3.8) is 0 Å². The van der Waals surface area contributed by atoms with E-state index in [9.17, 15) is 0 Å². The zero-order valence-electron chi connectivity index (χ0n) is 45.4. The predicted molar refractivity (Wildman–Crippen MR) is 336 cm³/mol. The molecule has 0 heterocycles. The standard InChI is InChI=1S/C78H64N2/c1-6-20-55(21-7-1)58-30-36-63(37-31-58)79(68-51-61(56-22-8-2-9-23-56)50-62(52-68)57-24-10-3-11-25-57)64-38-32-59(33-39-64)60-34-40-65(41-35-60)80(66-42-44-71-69-26-12-14-28-73(69)77(75(71)53-66)46-16-4-17-47-77)67-43-45-72-70-27-13-15-29-74(70)78(76(72)54-67)48-18-5-19-49-78/h1-3,6-15,20-45,50-54H,4-5,16-19,46-49H2. The van der Waals surface area contributed by atoms with Gasteiger partial charge in [0.05, 0.1) is 0 Å². The molecule has 0 bridgehead atoms. The summed E-state index contributed by atoms with van der Waals surface area (Å²) in [5, 5.41) is 0. The monoisotopic (exact) mass is 1030 g/mol. The van der Waals surface area contributed by atoms with Crippen molar-refractivity contribution >= 4 is 34.1 Å². The molecule has 0 aliphatic heterocycles. The van der Waals surface area contributed by atoms with Crippen molar-refractivity contribution in [3.05, 3.63) is 289 Å². The fourth-order valence-corrected chi connectivity index (χ4v) is 14.8. The second-order valence-corrected chi connectivity index (χ2v) is 23.0.